The van der Waals surface area contributed by atoms with E-state index in [4.69, 9.17) is 4.74 Å². The molecular formula is C25H16F4IOS+. The van der Waals surface area contributed by atoms with E-state index in [0.717, 1.165) is 25.5 Å². The lowest BCUT2D eigenvalue weighted by atomic mass is 10.2. The Morgan fingerprint density at radius 3 is 1.47 bits per heavy atom. The van der Waals surface area contributed by atoms with E-state index in [1.165, 1.54) is 24.3 Å². The van der Waals surface area contributed by atoms with Crippen molar-refractivity contribution >= 4 is 33.5 Å². The normalized spacial score (nSPS) is 12.4. The number of hydrogen-bond donors (Lipinski definition) is 0. The summed E-state index contributed by atoms with van der Waals surface area (Å²) in [4.78, 5) is 2.39. The highest BCUT2D eigenvalue weighted by Crippen LogP contribution is 2.35. The van der Waals surface area contributed by atoms with E-state index in [-0.39, 0.29) is 5.82 Å². The van der Waals surface area contributed by atoms with Crippen molar-refractivity contribution in [2.75, 3.05) is 0 Å². The Morgan fingerprint density at radius 1 is 0.594 bits per heavy atom. The van der Waals surface area contributed by atoms with E-state index in [0.29, 0.717) is 16.4 Å². The van der Waals surface area contributed by atoms with E-state index in [9.17, 15) is 17.6 Å². The second kappa shape index (κ2) is 9.54. The van der Waals surface area contributed by atoms with Gasteiger partial charge >= 0.3 is 6.18 Å². The summed E-state index contributed by atoms with van der Waals surface area (Å²) in [6, 6.07) is 26.2. The molecule has 0 saturated heterocycles. The minimum absolute atomic E-state index is 0.369. The Morgan fingerprint density at radius 2 is 1.00 bits per heavy atom. The van der Waals surface area contributed by atoms with Gasteiger partial charge in [0.25, 0.3) is 0 Å². The number of benzene rings is 4. The van der Waals surface area contributed by atoms with Gasteiger partial charge in [0.15, 0.2) is 14.7 Å². The minimum atomic E-state index is -4.40. The summed E-state index contributed by atoms with van der Waals surface area (Å²) in [6.07, 6.45) is -4.40. The molecule has 162 valence electrons. The zero-order valence-electron chi connectivity index (χ0n) is 16.4. The number of ether oxygens (including phenoxy) is 1. The van der Waals surface area contributed by atoms with Crippen LogP contribution in [0.5, 0.6) is 11.5 Å². The predicted molar refractivity (Wildman–Crippen MR) is 126 cm³/mol. The number of halogens is 5. The van der Waals surface area contributed by atoms with Gasteiger partial charge in [0.2, 0.25) is 0 Å². The lowest BCUT2D eigenvalue weighted by Gasteiger charge is -2.11. The van der Waals surface area contributed by atoms with Crippen LogP contribution in [0.25, 0.3) is 0 Å². The molecule has 1 unspecified atom stereocenters. The van der Waals surface area contributed by atoms with Crippen molar-refractivity contribution in [3.05, 3.63) is 112 Å². The van der Waals surface area contributed by atoms with Crippen LogP contribution in [0.1, 0.15) is 5.56 Å². The molecule has 0 aliphatic rings. The van der Waals surface area contributed by atoms with E-state index in [2.05, 4.69) is 22.6 Å². The van der Waals surface area contributed by atoms with Crippen LogP contribution >= 0.6 is 22.6 Å². The molecule has 0 radical (unpaired) electrons. The molecule has 0 heterocycles. The fourth-order valence-corrected chi connectivity index (χ4v) is 5.44. The van der Waals surface area contributed by atoms with Gasteiger partial charge in [-0.25, -0.2) is 4.39 Å². The fraction of sp³-hybridized carbons (Fsp3) is 0.0400. The van der Waals surface area contributed by atoms with Crippen LogP contribution in [-0.2, 0) is 17.1 Å². The molecule has 0 aliphatic heterocycles. The molecule has 4 aromatic rings. The Labute approximate surface area is 199 Å². The smallest absolute Gasteiger partial charge is 0.416 e. The lowest BCUT2D eigenvalue weighted by Crippen LogP contribution is -2.08. The van der Waals surface area contributed by atoms with Gasteiger partial charge in [-0.05, 0) is 120 Å². The molecule has 0 spiro atoms. The first-order valence-electron chi connectivity index (χ1n) is 9.50. The van der Waals surface area contributed by atoms with Crippen LogP contribution in [0.2, 0.25) is 0 Å². The molecule has 1 nitrogen and oxygen atoms in total. The third-order valence-corrected chi connectivity index (χ3v) is 7.53. The van der Waals surface area contributed by atoms with Gasteiger partial charge in [-0.2, -0.15) is 13.2 Å². The van der Waals surface area contributed by atoms with Crippen molar-refractivity contribution < 1.29 is 22.3 Å². The van der Waals surface area contributed by atoms with Gasteiger partial charge < -0.3 is 4.74 Å². The molecule has 0 saturated carbocycles. The van der Waals surface area contributed by atoms with E-state index >= 15 is 0 Å². The zero-order chi connectivity index (χ0) is 22.7. The molecule has 0 bridgehead atoms. The first-order chi connectivity index (χ1) is 15.3. The van der Waals surface area contributed by atoms with Crippen molar-refractivity contribution in [3.63, 3.8) is 0 Å². The lowest BCUT2D eigenvalue weighted by molar-refractivity contribution is -0.137. The molecule has 0 fully saturated rings. The van der Waals surface area contributed by atoms with E-state index in [1.807, 2.05) is 48.5 Å². The van der Waals surface area contributed by atoms with Crippen LogP contribution in [0.4, 0.5) is 17.6 Å². The number of hydrogen-bond acceptors (Lipinski definition) is 1. The summed E-state index contributed by atoms with van der Waals surface area (Å²) in [7, 11) is -0.706. The maximum absolute atomic E-state index is 13.5. The highest BCUT2D eigenvalue weighted by molar-refractivity contribution is 14.1. The number of rotatable bonds is 5. The third-order valence-electron chi connectivity index (χ3n) is 4.58. The molecule has 4 rings (SSSR count). The van der Waals surface area contributed by atoms with Crippen molar-refractivity contribution in [1.82, 2.24) is 0 Å². The van der Waals surface area contributed by atoms with Crippen LogP contribution in [0, 0.1) is 9.39 Å². The SMILES string of the molecule is Fc1ccc([S+](c2ccc(Oc3ccc(I)cc3)cc2)c2ccc(C(F)(F)F)cc2)cc1. The molecule has 4 aromatic carbocycles. The maximum Gasteiger partial charge on any atom is 0.416 e. The Bertz CT molecular complexity index is 1170. The average molecular weight is 567 g/mol. The Kier molecular flexibility index (Phi) is 6.76. The molecule has 0 aliphatic carbocycles. The summed E-state index contributed by atoms with van der Waals surface area (Å²) in [5.74, 6) is 0.981. The topological polar surface area (TPSA) is 9.23 Å². The summed E-state index contributed by atoms with van der Waals surface area (Å²) >= 11 is 2.22. The largest absolute Gasteiger partial charge is 0.457 e. The van der Waals surface area contributed by atoms with Crippen molar-refractivity contribution in [3.8, 4) is 11.5 Å². The standard InChI is InChI=1S/C25H16F4IOS/c26-18-3-13-23(14-4-18)32(22-11-1-17(2-12-22)25(27,28)29)24-15-9-21(10-16-24)31-20-7-5-19(30)6-8-20/h1-16H/q+1. The van der Waals surface area contributed by atoms with Crippen molar-refractivity contribution in [2.24, 2.45) is 0 Å². The van der Waals surface area contributed by atoms with Gasteiger partial charge in [0, 0.05) is 3.57 Å². The average Bonchev–Trinajstić information content (AvgIpc) is 2.78. The highest BCUT2D eigenvalue weighted by Gasteiger charge is 2.33. The first kappa shape index (κ1) is 22.7. The van der Waals surface area contributed by atoms with Gasteiger partial charge in [-0.15, -0.1) is 0 Å². The summed E-state index contributed by atoms with van der Waals surface area (Å²) in [6.45, 7) is 0. The molecule has 0 aromatic heterocycles. The van der Waals surface area contributed by atoms with Gasteiger partial charge in [-0.3, -0.25) is 0 Å². The summed E-state index contributed by atoms with van der Waals surface area (Å²) in [5.41, 5.74) is -0.704. The van der Waals surface area contributed by atoms with Gasteiger partial charge in [-0.1, -0.05) is 0 Å². The van der Waals surface area contributed by atoms with E-state index < -0.39 is 22.6 Å². The third kappa shape index (κ3) is 5.45. The minimum Gasteiger partial charge on any atom is -0.457 e. The van der Waals surface area contributed by atoms with Crippen LogP contribution in [0.3, 0.4) is 0 Å². The van der Waals surface area contributed by atoms with Crippen molar-refractivity contribution in [2.45, 2.75) is 20.9 Å². The highest BCUT2D eigenvalue weighted by atomic mass is 127. The maximum atomic E-state index is 13.5. The molecular weight excluding hydrogens is 551 g/mol. The van der Waals surface area contributed by atoms with Crippen LogP contribution < -0.4 is 4.74 Å². The second-order valence-electron chi connectivity index (χ2n) is 6.81. The van der Waals surface area contributed by atoms with E-state index in [1.54, 1.807) is 12.1 Å². The molecule has 1 atom stereocenters. The molecule has 0 amide bonds. The molecule has 0 N–H and O–H groups in total. The predicted octanol–water partition coefficient (Wildman–Crippen LogP) is 8.34. The van der Waals surface area contributed by atoms with Crippen LogP contribution in [0.15, 0.2) is 112 Å². The second-order valence-corrected chi connectivity index (χ2v) is 10.1. The van der Waals surface area contributed by atoms with Crippen molar-refractivity contribution in [1.29, 1.82) is 0 Å². The molecule has 32 heavy (non-hydrogen) atoms. The Hall–Kier alpha value is -2.52. The number of alkyl halides is 3. The molecule has 7 heteroatoms. The Balaban J connectivity index is 1.67. The van der Waals surface area contributed by atoms with Gasteiger partial charge in [0.1, 0.15) is 17.3 Å². The van der Waals surface area contributed by atoms with Crippen LogP contribution in [-0.4, -0.2) is 0 Å². The summed E-state index contributed by atoms with van der Waals surface area (Å²) < 4.78 is 59.5. The van der Waals surface area contributed by atoms with Gasteiger partial charge in [0.05, 0.1) is 16.5 Å². The first-order valence-corrected chi connectivity index (χ1v) is 11.8. The fourth-order valence-electron chi connectivity index (χ4n) is 3.04. The monoisotopic (exact) mass is 567 g/mol. The zero-order valence-corrected chi connectivity index (χ0v) is 19.4. The quantitative estimate of drug-likeness (QED) is 0.134. The summed E-state index contributed by atoms with van der Waals surface area (Å²) in [5, 5.41) is 0.